The van der Waals surface area contributed by atoms with Gasteiger partial charge in [0.15, 0.2) is 11.6 Å². The molecule has 4 aromatic rings. The number of ketones is 2. The predicted molar refractivity (Wildman–Crippen MR) is 150 cm³/mol. The number of hydrogen-bond donors (Lipinski definition) is 1. The van der Waals surface area contributed by atoms with Crippen molar-refractivity contribution in [1.29, 1.82) is 0 Å². The Hall–Kier alpha value is -4.22. The number of benzene rings is 4. The quantitative estimate of drug-likeness (QED) is 0.335. The summed E-state index contributed by atoms with van der Waals surface area (Å²) in [4.78, 5) is 44.2. The summed E-state index contributed by atoms with van der Waals surface area (Å²) in [5, 5.41) is 5.69. The highest BCUT2D eigenvalue weighted by Crippen LogP contribution is 2.58. The van der Waals surface area contributed by atoms with Crippen LogP contribution >= 0.6 is 11.6 Å². The third-order valence-corrected chi connectivity index (χ3v) is 8.62. The van der Waals surface area contributed by atoms with Crippen LogP contribution in [0.3, 0.4) is 0 Å². The van der Waals surface area contributed by atoms with Gasteiger partial charge in [-0.25, -0.2) is 0 Å². The van der Waals surface area contributed by atoms with E-state index in [-0.39, 0.29) is 17.5 Å². The molecule has 3 aliphatic rings. The van der Waals surface area contributed by atoms with Crippen molar-refractivity contribution in [2.45, 2.75) is 24.4 Å². The normalized spacial score (nSPS) is 24.7. The topological polar surface area (TPSA) is 66.5 Å². The molecule has 1 spiro atoms. The lowest BCUT2D eigenvalue weighted by Crippen LogP contribution is -2.51. The van der Waals surface area contributed by atoms with Gasteiger partial charge in [0.1, 0.15) is 5.41 Å². The molecule has 6 heteroatoms. The van der Waals surface area contributed by atoms with Gasteiger partial charge in [0.2, 0.25) is 5.91 Å². The molecular formula is C32H23ClN2O3. The fraction of sp³-hybridized carbons (Fsp3) is 0.156. The summed E-state index contributed by atoms with van der Waals surface area (Å²) in [5.41, 5.74) is 2.37. The SMILES string of the molecule is CC(=O)[C@@H]1[C@@H](C(=O)c2ccc(Cl)cc2)[C@]2(C(=O)Nc3ccccc32)[C@H]2C=Cc3c(ccc4ccccc34)N12. The predicted octanol–water partition coefficient (Wildman–Crippen LogP) is 6.06. The number of halogens is 1. The van der Waals surface area contributed by atoms with E-state index in [1.165, 1.54) is 6.92 Å². The van der Waals surface area contributed by atoms with Crippen LogP contribution < -0.4 is 10.2 Å². The summed E-state index contributed by atoms with van der Waals surface area (Å²) < 4.78 is 0. The zero-order chi connectivity index (χ0) is 26.2. The summed E-state index contributed by atoms with van der Waals surface area (Å²) in [6.45, 7) is 1.51. The Morgan fingerprint density at radius 2 is 1.66 bits per heavy atom. The molecule has 5 nitrogen and oxygen atoms in total. The second-order valence-corrected chi connectivity index (χ2v) is 10.6. The van der Waals surface area contributed by atoms with Crippen LogP contribution in [0, 0.1) is 5.92 Å². The summed E-state index contributed by atoms with van der Waals surface area (Å²) in [6.07, 6.45) is 4.04. The minimum absolute atomic E-state index is 0.161. The highest BCUT2D eigenvalue weighted by molar-refractivity contribution is 6.30. The number of hydrogen-bond acceptors (Lipinski definition) is 4. The monoisotopic (exact) mass is 518 g/mol. The van der Waals surface area contributed by atoms with E-state index >= 15 is 0 Å². The van der Waals surface area contributed by atoms with Crippen LogP contribution in [0.2, 0.25) is 5.02 Å². The van der Waals surface area contributed by atoms with Crippen LogP contribution in [0.25, 0.3) is 16.8 Å². The summed E-state index contributed by atoms with van der Waals surface area (Å²) in [7, 11) is 0. The second-order valence-electron chi connectivity index (χ2n) is 10.2. The van der Waals surface area contributed by atoms with Gasteiger partial charge in [0, 0.05) is 27.5 Å². The number of para-hydroxylation sites is 1. The molecular weight excluding hydrogens is 496 g/mol. The Morgan fingerprint density at radius 1 is 0.921 bits per heavy atom. The molecule has 186 valence electrons. The first-order chi connectivity index (χ1) is 18.4. The molecule has 1 N–H and O–H groups in total. The first-order valence-corrected chi connectivity index (χ1v) is 13.0. The molecule has 0 radical (unpaired) electrons. The molecule has 0 bridgehead atoms. The number of nitrogens with zero attached hydrogens (tertiary/aromatic N) is 1. The van der Waals surface area contributed by atoms with Crippen molar-refractivity contribution >= 4 is 57.3 Å². The van der Waals surface area contributed by atoms with E-state index in [0.717, 1.165) is 27.6 Å². The Balaban J connectivity index is 1.53. The van der Waals surface area contributed by atoms with Crippen LogP contribution in [-0.2, 0) is 15.0 Å². The van der Waals surface area contributed by atoms with Crippen LogP contribution in [-0.4, -0.2) is 29.6 Å². The van der Waals surface area contributed by atoms with E-state index in [0.29, 0.717) is 16.3 Å². The molecule has 7 rings (SSSR count). The molecule has 3 aliphatic heterocycles. The lowest BCUT2D eigenvalue weighted by molar-refractivity contribution is -0.122. The highest BCUT2D eigenvalue weighted by atomic mass is 35.5. The maximum atomic E-state index is 14.4. The van der Waals surface area contributed by atoms with E-state index in [1.54, 1.807) is 24.3 Å². The van der Waals surface area contributed by atoms with Gasteiger partial charge in [-0.05, 0) is 59.7 Å². The lowest BCUT2D eigenvalue weighted by Gasteiger charge is -2.38. The molecule has 0 aromatic heterocycles. The van der Waals surface area contributed by atoms with Crippen molar-refractivity contribution in [3.05, 3.63) is 113 Å². The summed E-state index contributed by atoms with van der Waals surface area (Å²) >= 11 is 6.12. The van der Waals surface area contributed by atoms with Gasteiger partial charge in [-0.3, -0.25) is 14.4 Å². The Kier molecular flexibility index (Phi) is 4.91. The zero-order valence-corrected chi connectivity index (χ0v) is 21.3. The zero-order valence-electron chi connectivity index (χ0n) is 20.5. The Bertz CT molecular complexity index is 1710. The van der Waals surface area contributed by atoms with E-state index in [9.17, 15) is 14.4 Å². The van der Waals surface area contributed by atoms with Crippen molar-refractivity contribution in [3.8, 4) is 0 Å². The average Bonchev–Trinajstić information content (AvgIpc) is 3.41. The van der Waals surface area contributed by atoms with Gasteiger partial charge in [-0.2, -0.15) is 0 Å². The van der Waals surface area contributed by atoms with E-state index in [4.69, 9.17) is 11.6 Å². The molecule has 0 unspecified atom stereocenters. The van der Waals surface area contributed by atoms with Gasteiger partial charge in [0.05, 0.1) is 18.0 Å². The minimum atomic E-state index is -1.29. The number of nitrogens with one attached hydrogen (secondary N) is 1. The van der Waals surface area contributed by atoms with Gasteiger partial charge >= 0.3 is 0 Å². The molecule has 1 amide bonds. The first kappa shape index (κ1) is 22.9. The number of anilines is 2. The van der Waals surface area contributed by atoms with Crippen molar-refractivity contribution in [3.63, 3.8) is 0 Å². The molecule has 3 heterocycles. The highest BCUT2D eigenvalue weighted by Gasteiger charge is 2.69. The Labute approximate surface area is 224 Å². The van der Waals surface area contributed by atoms with Crippen molar-refractivity contribution in [2.75, 3.05) is 10.2 Å². The number of fused-ring (bicyclic) bond motifs is 8. The van der Waals surface area contributed by atoms with Gasteiger partial charge in [0.25, 0.3) is 0 Å². The molecule has 1 saturated heterocycles. The van der Waals surface area contributed by atoms with Crippen molar-refractivity contribution < 1.29 is 14.4 Å². The van der Waals surface area contributed by atoms with E-state index in [2.05, 4.69) is 17.4 Å². The number of Topliss-reactive ketones (excluding diaryl/α,β-unsaturated/α-hetero) is 2. The maximum absolute atomic E-state index is 14.4. The van der Waals surface area contributed by atoms with Crippen molar-refractivity contribution in [1.82, 2.24) is 0 Å². The number of amides is 1. The second kappa shape index (κ2) is 8.14. The third-order valence-electron chi connectivity index (χ3n) is 8.37. The van der Waals surface area contributed by atoms with E-state index in [1.807, 2.05) is 65.6 Å². The van der Waals surface area contributed by atoms with Gasteiger partial charge in [-0.15, -0.1) is 0 Å². The summed E-state index contributed by atoms with van der Waals surface area (Å²) in [5.74, 6) is -1.62. The third kappa shape index (κ3) is 2.91. The largest absolute Gasteiger partial charge is 0.352 e. The number of rotatable bonds is 3. The minimum Gasteiger partial charge on any atom is -0.352 e. The molecule has 4 aromatic carbocycles. The number of carbonyl (C=O) groups is 3. The molecule has 1 fully saturated rings. The van der Waals surface area contributed by atoms with E-state index < -0.39 is 23.4 Å². The molecule has 0 aliphatic carbocycles. The van der Waals surface area contributed by atoms with Gasteiger partial charge in [-0.1, -0.05) is 72.3 Å². The molecule has 38 heavy (non-hydrogen) atoms. The first-order valence-electron chi connectivity index (χ1n) is 12.6. The maximum Gasteiger partial charge on any atom is 0.238 e. The van der Waals surface area contributed by atoms with Crippen LogP contribution in [0.5, 0.6) is 0 Å². The summed E-state index contributed by atoms with van der Waals surface area (Å²) in [6, 6.07) is 24.9. The van der Waals surface area contributed by atoms with Crippen LogP contribution in [0.15, 0.2) is 91.0 Å². The van der Waals surface area contributed by atoms with Gasteiger partial charge < -0.3 is 10.2 Å². The average molecular weight is 519 g/mol. The molecule has 0 saturated carbocycles. The number of carbonyl (C=O) groups excluding carboxylic acids is 3. The fourth-order valence-electron chi connectivity index (χ4n) is 6.88. The lowest BCUT2D eigenvalue weighted by atomic mass is 9.64. The fourth-order valence-corrected chi connectivity index (χ4v) is 7.01. The van der Waals surface area contributed by atoms with Crippen molar-refractivity contribution in [2.24, 2.45) is 5.92 Å². The van der Waals surface area contributed by atoms with Crippen LogP contribution in [0.1, 0.15) is 28.4 Å². The molecule has 4 atom stereocenters. The standard InChI is InChI=1S/C32H23ClN2O3/c1-18(36)29-28(30(37)20-10-13-21(33)14-11-20)32(24-8-4-5-9-25(24)34-31(32)38)27-17-15-23-22-7-3-2-6-19(22)12-16-26(23)35(27)29/h2-17,27-29H,1H3,(H,34,38)/t27-,28+,29-,32-/m1/s1. The Morgan fingerprint density at radius 3 is 2.45 bits per heavy atom. The van der Waals surface area contributed by atoms with Crippen LogP contribution in [0.4, 0.5) is 11.4 Å². The smallest absolute Gasteiger partial charge is 0.238 e.